The van der Waals surface area contributed by atoms with Crippen LogP contribution in [0.15, 0.2) is 24.3 Å². The van der Waals surface area contributed by atoms with Crippen LogP contribution in [0.5, 0.6) is 0 Å². The zero-order chi connectivity index (χ0) is 17.6. The van der Waals surface area contributed by atoms with Gasteiger partial charge in [-0.25, -0.2) is 0 Å². The molecule has 4 rings (SSSR count). The Morgan fingerprint density at radius 3 is 3.04 bits per heavy atom. The van der Waals surface area contributed by atoms with E-state index in [1.165, 1.54) is 33.3 Å². The molecular weight excluding hydrogens is 314 g/mol. The molecule has 1 aromatic carbocycles. The van der Waals surface area contributed by atoms with Crippen molar-refractivity contribution in [2.75, 3.05) is 13.2 Å². The maximum absolute atomic E-state index is 12.6. The predicted octanol–water partition coefficient (Wildman–Crippen LogP) is 1.89. The van der Waals surface area contributed by atoms with Gasteiger partial charge < -0.3 is 20.7 Å². The number of carbonyl (C=O) groups excluding carboxylic acids is 1. The van der Waals surface area contributed by atoms with Gasteiger partial charge in [-0.1, -0.05) is 25.1 Å². The van der Waals surface area contributed by atoms with Crippen LogP contribution in [-0.4, -0.2) is 41.2 Å². The number of aliphatic hydroxyl groups excluding tert-OH is 1. The van der Waals surface area contributed by atoms with Gasteiger partial charge in [0, 0.05) is 29.2 Å². The number of aromatic amines is 1. The van der Waals surface area contributed by atoms with E-state index >= 15 is 0 Å². The third kappa shape index (κ3) is 2.68. The van der Waals surface area contributed by atoms with E-state index in [-0.39, 0.29) is 30.5 Å². The van der Waals surface area contributed by atoms with Gasteiger partial charge in [-0.3, -0.25) is 4.79 Å². The maximum atomic E-state index is 12.6. The van der Waals surface area contributed by atoms with E-state index in [1.54, 1.807) is 0 Å². The highest BCUT2D eigenvalue weighted by molar-refractivity contribution is 6.00. The van der Waals surface area contributed by atoms with Gasteiger partial charge in [0.25, 0.3) is 0 Å². The fourth-order valence-electron chi connectivity index (χ4n) is 4.13. The van der Waals surface area contributed by atoms with Gasteiger partial charge in [-0.15, -0.1) is 0 Å². The number of aliphatic hydroxyl groups is 1. The first-order chi connectivity index (χ1) is 12.1. The zero-order valence-corrected chi connectivity index (χ0v) is 14.7. The van der Waals surface area contributed by atoms with Crippen LogP contribution in [-0.2, 0) is 11.2 Å². The van der Waals surface area contributed by atoms with Crippen molar-refractivity contribution in [1.29, 1.82) is 0 Å². The summed E-state index contributed by atoms with van der Waals surface area (Å²) in [5.41, 5.74) is 6.24. The van der Waals surface area contributed by atoms with E-state index < -0.39 is 0 Å². The molecule has 1 aliphatic carbocycles. The molecule has 1 aromatic heterocycles. The Hall–Kier alpha value is -2.11. The Labute approximate surface area is 147 Å². The van der Waals surface area contributed by atoms with Gasteiger partial charge in [-0.2, -0.15) is 0 Å². The van der Waals surface area contributed by atoms with Gasteiger partial charge >= 0.3 is 0 Å². The summed E-state index contributed by atoms with van der Waals surface area (Å²) in [5, 5.41) is 17.1. The lowest BCUT2D eigenvalue weighted by Crippen LogP contribution is -2.48. The lowest BCUT2D eigenvalue weighted by atomic mass is 9.80. The minimum atomic E-state index is -0.205. The predicted molar refractivity (Wildman–Crippen MR) is 99.3 cm³/mol. The van der Waals surface area contributed by atoms with Crippen molar-refractivity contribution in [3.05, 3.63) is 41.1 Å². The third-order valence-electron chi connectivity index (χ3n) is 5.60. The second-order valence-corrected chi connectivity index (χ2v) is 7.15. The van der Waals surface area contributed by atoms with Crippen LogP contribution in [0.25, 0.3) is 16.5 Å². The molecule has 2 aliphatic rings. The van der Waals surface area contributed by atoms with Gasteiger partial charge in [0.15, 0.2) is 0 Å². The first-order valence-electron chi connectivity index (χ1n) is 9.09. The minimum Gasteiger partial charge on any atom is -0.394 e. The largest absolute Gasteiger partial charge is 0.394 e. The fraction of sp³-hybridized carbons (Fsp3) is 0.450. The Morgan fingerprint density at radius 2 is 2.28 bits per heavy atom. The summed E-state index contributed by atoms with van der Waals surface area (Å²) in [5.74, 6) is -0.216. The molecule has 0 bridgehead atoms. The third-order valence-corrected chi connectivity index (χ3v) is 5.60. The highest BCUT2D eigenvalue weighted by atomic mass is 16.3. The van der Waals surface area contributed by atoms with Crippen LogP contribution in [0.1, 0.15) is 30.2 Å². The normalized spacial score (nSPS) is 23.1. The Balaban J connectivity index is 1.70. The van der Waals surface area contributed by atoms with Crippen LogP contribution in [0, 0.1) is 12.8 Å². The summed E-state index contributed by atoms with van der Waals surface area (Å²) in [4.78, 5) is 16.1. The van der Waals surface area contributed by atoms with Gasteiger partial charge in [0.1, 0.15) is 0 Å². The van der Waals surface area contributed by atoms with Crippen LogP contribution >= 0.6 is 0 Å². The molecule has 0 saturated carbocycles. The molecule has 0 spiro atoms. The second-order valence-electron chi connectivity index (χ2n) is 7.15. The molecule has 2 aromatic rings. The number of hydrogen-bond donors (Lipinski definition) is 4. The molecule has 0 saturated heterocycles. The Bertz CT molecular complexity index is 848. The number of carbonyl (C=O) groups is 1. The summed E-state index contributed by atoms with van der Waals surface area (Å²) in [6.45, 7) is 4.71. The molecule has 0 radical (unpaired) electrons. The molecule has 4 N–H and O–H groups in total. The average molecular weight is 339 g/mol. The minimum absolute atomic E-state index is 0.0115. The Morgan fingerprint density at radius 1 is 1.44 bits per heavy atom. The molecule has 0 fully saturated rings. The molecule has 3 unspecified atom stereocenters. The van der Waals surface area contributed by atoms with Crippen molar-refractivity contribution >= 4 is 22.4 Å². The second kappa shape index (κ2) is 6.32. The monoisotopic (exact) mass is 339 g/mol. The van der Waals surface area contributed by atoms with Gasteiger partial charge in [0.2, 0.25) is 5.91 Å². The SMILES string of the molecule is CCC(CO)NC(=O)C1C=C2c3cccc4[nH]c(C)c(c34)CC2NC1. The van der Waals surface area contributed by atoms with E-state index in [4.69, 9.17) is 0 Å². The number of amides is 1. The van der Waals surface area contributed by atoms with E-state index in [2.05, 4.69) is 46.8 Å². The van der Waals surface area contributed by atoms with Crippen LogP contribution in [0.3, 0.4) is 0 Å². The number of aryl methyl sites for hydroxylation is 1. The summed E-state index contributed by atoms with van der Waals surface area (Å²) >= 11 is 0. The van der Waals surface area contributed by atoms with Crippen molar-refractivity contribution in [3.63, 3.8) is 0 Å². The highest BCUT2D eigenvalue weighted by Gasteiger charge is 2.33. The molecular formula is C20H25N3O2. The number of hydrogen-bond acceptors (Lipinski definition) is 3. The molecule has 5 nitrogen and oxygen atoms in total. The average Bonchev–Trinajstić information content (AvgIpc) is 2.96. The molecule has 132 valence electrons. The first kappa shape index (κ1) is 16.4. The molecule has 2 heterocycles. The quantitative estimate of drug-likeness (QED) is 0.687. The fourth-order valence-corrected chi connectivity index (χ4v) is 4.13. The van der Waals surface area contributed by atoms with Crippen molar-refractivity contribution in [2.45, 2.75) is 38.8 Å². The van der Waals surface area contributed by atoms with Gasteiger partial charge in [-0.05, 0) is 42.5 Å². The molecule has 1 aliphatic heterocycles. The summed E-state index contributed by atoms with van der Waals surface area (Å²) in [7, 11) is 0. The van der Waals surface area contributed by atoms with Crippen molar-refractivity contribution in [2.24, 2.45) is 5.92 Å². The van der Waals surface area contributed by atoms with E-state index in [0.29, 0.717) is 6.54 Å². The topological polar surface area (TPSA) is 77.2 Å². The van der Waals surface area contributed by atoms with Crippen molar-refractivity contribution in [1.82, 2.24) is 15.6 Å². The van der Waals surface area contributed by atoms with Crippen LogP contribution < -0.4 is 10.6 Å². The molecule has 1 amide bonds. The lowest BCUT2D eigenvalue weighted by molar-refractivity contribution is -0.124. The number of nitrogens with one attached hydrogen (secondary N) is 3. The number of H-pyrrole nitrogens is 1. The number of rotatable bonds is 4. The Kier molecular flexibility index (Phi) is 4.13. The van der Waals surface area contributed by atoms with Crippen molar-refractivity contribution < 1.29 is 9.90 Å². The summed E-state index contributed by atoms with van der Waals surface area (Å²) < 4.78 is 0. The zero-order valence-electron chi connectivity index (χ0n) is 14.7. The summed E-state index contributed by atoms with van der Waals surface area (Å²) in [6, 6.07) is 6.43. The first-order valence-corrected chi connectivity index (χ1v) is 9.09. The molecule has 5 heteroatoms. The van der Waals surface area contributed by atoms with Crippen molar-refractivity contribution in [3.8, 4) is 0 Å². The number of fused-ring (bicyclic) bond motifs is 2. The highest BCUT2D eigenvalue weighted by Crippen LogP contribution is 2.39. The number of aromatic nitrogens is 1. The van der Waals surface area contributed by atoms with Crippen LogP contribution in [0.4, 0.5) is 0 Å². The molecule has 3 atom stereocenters. The van der Waals surface area contributed by atoms with Crippen LogP contribution in [0.2, 0.25) is 0 Å². The number of benzene rings is 1. The summed E-state index contributed by atoms with van der Waals surface area (Å²) in [6.07, 6.45) is 3.81. The lowest BCUT2D eigenvalue weighted by Gasteiger charge is -2.34. The molecule has 25 heavy (non-hydrogen) atoms. The standard InChI is InChI=1S/C20H25N3O2/c1-3-13(10-24)23-20(25)12-7-16-14-5-4-6-17-19(14)15(11(2)22-17)8-18(16)21-9-12/h4-7,12-13,18,21-22,24H,3,8-10H2,1-2H3,(H,23,25). The maximum Gasteiger partial charge on any atom is 0.228 e. The van der Waals surface area contributed by atoms with E-state index in [1.807, 2.05) is 6.92 Å². The van der Waals surface area contributed by atoms with E-state index in [9.17, 15) is 9.90 Å². The smallest absolute Gasteiger partial charge is 0.228 e. The van der Waals surface area contributed by atoms with E-state index in [0.717, 1.165) is 12.8 Å². The van der Waals surface area contributed by atoms with Gasteiger partial charge in [0.05, 0.1) is 18.6 Å².